The first-order chi connectivity index (χ1) is 20.0. The molecule has 0 saturated carbocycles. The number of carbonyl (C=O) groups excluding carboxylic acids is 3. The zero-order valence-electron chi connectivity index (χ0n) is 22.8. The van der Waals surface area contributed by atoms with E-state index in [9.17, 15) is 40.7 Å². The highest BCUT2D eigenvalue weighted by Crippen LogP contribution is 2.39. The van der Waals surface area contributed by atoms with Crippen molar-refractivity contribution in [3.05, 3.63) is 92.7 Å². The van der Waals surface area contributed by atoms with Crippen LogP contribution >= 0.6 is 23.2 Å². The number of aryl methyl sites for hydroxylation is 1. The maximum absolute atomic E-state index is 13.8. The summed E-state index contributed by atoms with van der Waals surface area (Å²) in [6.45, 7) is 0.593. The van der Waals surface area contributed by atoms with Crippen molar-refractivity contribution in [1.29, 1.82) is 0 Å². The van der Waals surface area contributed by atoms with Crippen molar-refractivity contribution in [3.8, 4) is 5.75 Å². The quantitative estimate of drug-likeness (QED) is 0.158. The van der Waals surface area contributed by atoms with Crippen LogP contribution in [0.3, 0.4) is 0 Å². The van der Waals surface area contributed by atoms with Crippen LogP contribution in [-0.2, 0) is 17.6 Å². The number of ketones is 2. The molecule has 1 amide bonds. The SMILES string of the molecule is CC(C)(C(=O)CCc1ccc(Cl)c(C(=O)Cc2ccc(OCC(F)F)c(C(=O)Nc3ccc(Cl)c(F)c3)c2)c1)C(F)(F)F. The number of carbonyl (C=O) groups is 3. The van der Waals surface area contributed by atoms with Gasteiger partial charge in [-0.15, -0.1) is 0 Å². The number of benzene rings is 3. The van der Waals surface area contributed by atoms with E-state index in [0.29, 0.717) is 5.56 Å². The number of hydrogen-bond donors (Lipinski definition) is 1. The minimum atomic E-state index is -4.72. The Labute approximate surface area is 253 Å². The first-order valence-corrected chi connectivity index (χ1v) is 13.5. The summed E-state index contributed by atoms with van der Waals surface area (Å²) < 4.78 is 84.1. The van der Waals surface area contributed by atoms with Gasteiger partial charge < -0.3 is 10.1 Å². The van der Waals surface area contributed by atoms with E-state index >= 15 is 0 Å². The van der Waals surface area contributed by atoms with Gasteiger partial charge in [0.2, 0.25) is 0 Å². The molecule has 13 heteroatoms. The summed E-state index contributed by atoms with van der Waals surface area (Å²) in [7, 11) is 0. The Bertz CT molecular complexity index is 1520. The molecule has 0 saturated heterocycles. The predicted molar refractivity (Wildman–Crippen MR) is 150 cm³/mol. The lowest BCUT2D eigenvalue weighted by atomic mass is 9.84. The second-order valence-corrected chi connectivity index (χ2v) is 10.9. The average Bonchev–Trinajstić information content (AvgIpc) is 2.92. The minimum absolute atomic E-state index is 0.0221. The summed E-state index contributed by atoms with van der Waals surface area (Å²) in [5, 5.41) is 2.29. The van der Waals surface area contributed by atoms with Crippen LogP contribution in [0, 0.1) is 11.2 Å². The molecule has 0 bridgehead atoms. The first-order valence-electron chi connectivity index (χ1n) is 12.7. The zero-order valence-corrected chi connectivity index (χ0v) is 24.3. The van der Waals surface area contributed by atoms with Crippen LogP contribution in [0.25, 0.3) is 0 Å². The first kappa shape index (κ1) is 33.9. The van der Waals surface area contributed by atoms with E-state index in [0.717, 1.165) is 19.9 Å². The van der Waals surface area contributed by atoms with Crippen molar-refractivity contribution in [2.75, 3.05) is 11.9 Å². The Morgan fingerprint density at radius 2 is 1.51 bits per heavy atom. The Morgan fingerprint density at radius 3 is 2.14 bits per heavy atom. The number of hydrogen-bond acceptors (Lipinski definition) is 4. The van der Waals surface area contributed by atoms with Gasteiger partial charge in [-0.25, -0.2) is 13.2 Å². The van der Waals surface area contributed by atoms with Crippen molar-refractivity contribution < 1.29 is 45.5 Å². The van der Waals surface area contributed by atoms with Crippen molar-refractivity contribution in [2.24, 2.45) is 5.41 Å². The van der Waals surface area contributed by atoms with E-state index in [1.165, 1.54) is 48.5 Å². The molecule has 1 N–H and O–H groups in total. The molecule has 3 rings (SSSR count). The molecule has 3 aromatic rings. The van der Waals surface area contributed by atoms with Crippen molar-refractivity contribution in [1.82, 2.24) is 0 Å². The molecule has 230 valence electrons. The highest BCUT2D eigenvalue weighted by molar-refractivity contribution is 6.34. The van der Waals surface area contributed by atoms with E-state index < -0.39 is 54.3 Å². The Kier molecular flexibility index (Phi) is 10.9. The standard InChI is InChI=1S/C30H25Cl2F6NO4/c1-29(2,30(36,37)38)26(41)10-5-16-3-7-21(31)19(11-16)24(40)13-17-4-9-25(43-15-27(34)35)20(12-17)28(42)39-18-6-8-22(32)23(33)14-18/h3-4,6-9,11-12,14,27H,5,10,13,15H2,1-2H3,(H,39,42). The second kappa shape index (κ2) is 13.8. The third kappa shape index (κ3) is 8.73. The number of nitrogens with one attached hydrogen (secondary N) is 1. The smallest absolute Gasteiger partial charge is 0.400 e. The van der Waals surface area contributed by atoms with E-state index in [4.69, 9.17) is 27.9 Å². The maximum Gasteiger partial charge on any atom is 0.400 e. The monoisotopic (exact) mass is 647 g/mol. The van der Waals surface area contributed by atoms with Gasteiger partial charge in [0, 0.05) is 24.1 Å². The number of halogens is 8. The fourth-order valence-electron chi connectivity index (χ4n) is 3.87. The predicted octanol–water partition coefficient (Wildman–Crippen LogP) is 8.54. The van der Waals surface area contributed by atoms with Crippen LogP contribution in [-0.4, -0.2) is 36.7 Å². The summed E-state index contributed by atoms with van der Waals surface area (Å²) in [6, 6.07) is 11.6. The van der Waals surface area contributed by atoms with Gasteiger partial charge in [-0.3, -0.25) is 14.4 Å². The van der Waals surface area contributed by atoms with E-state index in [2.05, 4.69) is 5.32 Å². The van der Waals surface area contributed by atoms with Crippen molar-refractivity contribution >= 4 is 46.4 Å². The molecule has 0 aliphatic heterocycles. The molecule has 0 unspecified atom stereocenters. The summed E-state index contributed by atoms with van der Waals surface area (Å²) in [4.78, 5) is 38.4. The van der Waals surface area contributed by atoms with Gasteiger partial charge in [0.05, 0.1) is 15.6 Å². The van der Waals surface area contributed by atoms with E-state index in [-0.39, 0.29) is 51.0 Å². The Balaban J connectivity index is 1.82. The van der Waals surface area contributed by atoms with Crippen LogP contribution in [0.4, 0.5) is 32.0 Å². The normalized spacial score (nSPS) is 11.9. The molecular weight excluding hydrogens is 623 g/mol. The molecule has 3 aromatic carbocycles. The fraction of sp³-hybridized carbons (Fsp3) is 0.300. The maximum atomic E-state index is 13.8. The van der Waals surface area contributed by atoms with Gasteiger partial charge in [-0.1, -0.05) is 35.3 Å². The fourth-order valence-corrected chi connectivity index (χ4v) is 4.21. The molecule has 0 radical (unpaired) electrons. The number of Topliss-reactive ketones (excluding diaryl/α,β-unsaturated/α-hetero) is 2. The largest absolute Gasteiger partial charge is 0.487 e. The van der Waals surface area contributed by atoms with Gasteiger partial charge in [0.1, 0.15) is 29.4 Å². The number of amides is 1. The molecule has 43 heavy (non-hydrogen) atoms. The van der Waals surface area contributed by atoms with Crippen LogP contribution in [0.2, 0.25) is 10.0 Å². The molecule has 0 spiro atoms. The van der Waals surface area contributed by atoms with Gasteiger partial charge in [-0.2, -0.15) is 13.2 Å². The summed E-state index contributed by atoms with van der Waals surface area (Å²) in [5.74, 6) is -3.40. The minimum Gasteiger partial charge on any atom is -0.487 e. The average molecular weight is 648 g/mol. The molecular formula is C30H25Cl2F6NO4. The van der Waals surface area contributed by atoms with Crippen LogP contribution in [0.15, 0.2) is 54.6 Å². The number of anilines is 1. The summed E-state index contributed by atoms with van der Waals surface area (Å²) in [6.07, 6.45) is -8.36. The van der Waals surface area contributed by atoms with Crippen molar-refractivity contribution in [3.63, 3.8) is 0 Å². The highest BCUT2D eigenvalue weighted by Gasteiger charge is 2.51. The van der Waals surface area contributed by atoms with Gasteiger partial charge in [0.25, 0.3) is 12.3 Å². The van der Waals surface area contributed by atoms with Crippen LogP contribution in [0.1, 0.15) is 52.1 Å². The van der Waals surface area contributed by atoms with E-state index in [1.807, 2.05) is 0 Å². The molecule has 0 heterocycles. The van der Waals surface area contributed by atoms with Gasteiger partial charge in [0.15, 0.2) is 5.78 Å². The second-order valence-electron chi connectivity index (χ2n) is 10.1. The number of ether oxygens (including phenoxy) is 1. The molecule has 0 atom stereocenters. The third-order valence-corrected chi connectivity index (χ3v) is 7.21. The number of rotatable bonds is 12. The topological polar surface area (TPSA) is 72.5 Å². The van der Waals surface area contributed by atoms with Gasteiger partial charge >= 0.3 is 6.18 Å². The zero-order chi connectivity index (χ0) is 32.1. The lowest BCUT2D eigenvalue weighted by Crippen LogP contribution is -2.39. The number of alkyl halides is 5. The molecule has 0 fully saturated rings. The summed E-state index contributed by atoms with van der Waals surface area (Å²) >= 11 is 11.9. The van der Waals surface area contributed by atoms with Crippen LogP contribution in [0.5, 0.6) is 5.75 Å². The molecule has 0 aromatic heterocycles. The molecule has 5 nitrogen and oxygen atoms in total. The lowest BCUT2D eigenvalue weighted by molar-refractivity contribution is -0.210. The van der Waals surface area contributed by atoms with Crippen LogP contribution < -0.4 is 10.1 Å². The third-order valence-electron chi connectivity index (χ3n) is 6.57. The Morgan fingerprint density at radius 1 is 0.884 bits per heavy atom. The van der Waals surface area contributed by atoms with Gasteiger partial charge in [-0.05, 0) is 73.9 Å². The summed E-state index contributed by atoms with van der Waals surface area (Å²) in [5.41, 5.74) is -2.02. The molecule has 0 aliphatic rings. The van der Waals surface area contributed by atoms with Crippen molar-refractivity contribution in [2.45, 2.75) is 45.7 Å². The van der Waals surface area contributed by atoms with E-state index in [1.54, 1.807) is 0 Å². The Hall–Kier alpha value is -3.57. The lowest BCUT2D eigenvalue weighted by Gasteiger charge is -2.26. The molecule has 0 aliphatic carbocycles. The highest BCUT2D eigenvalue weighted by atomic mass is 35.5.